The molecule has 6 nitrogen and oxygen atoms in total. The number of rotatable bonds is 7. The first-order valence-corrected chi connectivity index (χ1v) is 8.39. The van der Waals surface area contributed by atoms with Gasteiger partial charge in [0.25, 0.3) is 0 Å². The van der Waals surface area contributed by atoms with E-state index in [2.05, 4.69) is 5.32 Å². The van der Waals surface area contributed by atoms with Crippen molar-refractivity contribution < 1.29 is 19.7 Å². The highest BCUT2D eigenvalue weighted by Crippen LogP contribution is 2.25. The number of nitrogens with zero attached hydrogens (tertiary/aromatic N) is 1. The van der Waals surface area contributed by atoms with E-state index in [0.717, 1.165) is 5.56 Å². The summed E-state index contributed by atoms with van der Waals surface area (Å²) < 4.78 is 5.05. The van der Waals surface area contributed by atoms with E-state index in [4.69, 9.17) is 21.6 Å². The third-order valence-electron chi connectivity index (χ3n) is 3.74. The molecule has 0 saturated heterocycles. The molecule has 26 heavy (non-hydrogen) atoms. The minimum absolute atomic E-state index is 0.0924. The summed E-state index contributed by atoms with van der Waals surface area (Å²) in [5.74, 6) is 0. The molecule has 2 unspecified atom stereocenters. The van der Waals surface area contributed by atoms with Gasteiger partial charge in [0.15, 0.2) is 0 Å². The van der Waals surface area contributed by atoms with Crippen molar-refractivity contribution in [3.63, 3.8) is 0 Å². The second-order valence-corrected chi connectivity index (χ2v) is 6.07. The van der Waals surface area contributed by atoms with Crippen molar-refractivity contribution in [3.05, 3.63) is 70.2 Å². The quantitative estimate of drug-likeness (QED) is 0.691. The van der Waals surface area contributed by atoms with E-state index < -0.39 is 18.3 Å². The Labute approximate surface area is 156 Å². The van der Waals surface area contributed by atoms with E-state index in [0.29, 0.717) is 5.02 Å². The van der Waals surface area contributed by atoms with Crippen molar-refractivity contribution in [2.24, 2.45) is 0 Å². The van der Waals surface area contributed by atoms with Gasteiger partial charge in [0, 0.05) is 17.1 Å². The Bertz CT molecular complexity index is 777. The van der Waals surface area contributed by atoms with Crippen LogP contribution in [0.3, 0.4) is 0 Å². The number of aliphatic hydroxyl groups is 2. The predicted octanol–water partition coefficient (Wildman–Crippen LogP) is 2.92. The van der Waals surface area contributed by atoms with Crippen LogP contribution in [0.15, 0.2) is 48.5 Å². The van der Waals surface area contributed by atoms with Crippen LogP contribution in [0, 0.1) is 11.3 Å². The summed E-state index contributed by atoms with van der Waals surface area (Å²) in [4.78, 5) is 11.6. The van der Waals surface area contributed by atoms with Crippen LogP contribution in [-0.4, -0.2) is 29.0 Å². The lowest BCUT2D eigenvalue weighted by Gasteiger charge is -2.19. The molecule has 0 aliphatic carbocycles. The van der Waals surface area contributed by atoms with Gasteiger partial charge >= 0.3 is 6.09 Å². The lowest BCUT2D eigenvalue weighted by Crippen LogP contribution is -2.30. The second kappa shape index (κ2) is 9.78. The molecule has 3 N–H and O–H groups in total. The zero-order chi connectivity index (χ0) is 18.9. The molecule has 0 aliphatic heterocycles. The third kappa shape index (κ3) is 5.74. The van der Waals surface area contributed by atoms with Crippen molar-refractivity contribution in [2.45, 2.75) is 25.2 Å². The summed E-state index contributed by atoms with van der Waals surface area (Å²) >= 11 is 5.82. The average Bonchev–Trinajstić information content (AvgIpc) is 2.66. The monoisotopic (exact) mass is 374 g/mol. The van der Waals surface area contributed by atoms with E-state index in [1.807, 2.05) is 36.4 Å². The maximum absolute atomic E-state index is 11.6. The van der Waals surface area contributed by atoms with Gasteiger partial charge in [0.05, 0.1) is 17.7 Å². The molecule has 136 valence electrons. The molecule has 2 atom stereocenters. The van der Waals surface area contributed by atoms with E-state index in [1.54, 1.807) is 0 Å². The molecule has 0 spiro atoms. The van der Waals surface area contributed by atoms with E-state index >= 15 is 0 Å². The normalized spacial score (nSPS) is 12.7. The number of aliphatic hydroxyl groups excluding tert-OH is 2. The number of alkyl carbamates (subject to hydrolysis) is 1. The molecule has 2 aromatic rings. The zero-order valence-corrected chi connectivity index (χ0v) is 14.7. The molecule has 7 heteroatoms. The largest absolute Gasteiger partial charge is 0.445 e. The van der Waals surface area contributed by atoms with Crippen LogP contribution >= 0.6 is 11.6 Å². The molecule has 1 amide bonds. The predicted molar refractivity (Wildman–Crippen MR) is 96.4 cm³/mol. The number of hydrogen-bond donors (Lipinski definition) is 3. The summed E-state index contributed by atoms with van der Waals surface area (Å²) in [5.41, 5.74) is 1.35. The molecular formula is C19H19ClN2O4. The smallest absolute Gasteiger partial charge is 0.407 e. The molecule has 2 aromatic carbocycles. The summed E-state index contributed by atoms with van der Waals surface area (Å²) in [6.07, 6.45) is -2.93. The first-order valence-electron chi connectivity index (χ1n) is 8.01. The number of ether oxygens (including phenoxy) is 1. The fourth-order valence-electron chi connectivity index (χ4n) is 2.34. The topological polar surface area (TPSA) is 103 Å². The van der Waals surface area contributed by atoms with Crippen LogP contribution in [0.4, 0.5) is 4.79 Å². The average molecular weight is 375 g/mol. The van der Waals surface area contributed by atoms with Crippen molar-refractivity contribution in [3.8, 4) is 6.07 Å². The van der Waals surface area contributed by atoms with Gasteiger partial charge in [-0.2, -0.15) is 5.26 Å². The maximum atomic E-state index is 11.6. The van der Waals surface area contributed by atoms with Crippen LogP contribution in [0.25, 0.3) is 0 Å². The van der Waals surface area contributed by atoms with E-state index in [1.165, 1.54) is 18.2 Å². The fraction of sp³-hybridized carbons (Fsp3) is 0.263. The first kappa shape index (κ1) is 19.7. The summed E-state index contributed by atoms with van der Waals surface area (Å²) in [7, 11) is 0. The zero-order valence-electron chi connectivity index (χ0n) is 13.9. The molecule has 0 bridgehead atoms. The molecule has 0 heterocycles. The molecule has 0 saturated carbocycles. The highest BCUT2D eigenvalue weighted by atomic mass is 35.5. The Morgan fingerprint density at radius 3 is 2.65 bits per heavy atom. The molecule has 2 rings (SSSR count). The number of nitrogens with one attached hydrogen (secondary N) is 1. The Morgan fingerprint density at radius 2 is 1.96 bits per heavy atom. The number of halogens is 1. The molecule has 0 radical (unpaired) electrons. The molecule has 0 aromatic heterocycles. The summed E-state index contributed by atoms with van der Waals surface area (Å²) in [5, 5.41) is 32.3. The van der Waals surface area contributed by atoms with Crippen LogP contribution < -0.4 is 5.32 Å². The minimum atomic E-state index is -1.26. The number of benzene rings is 2. The molecular weight excluding hydrogens is 356 g/mol. The Kier molecular flexibility index (Phi) is 7.42. The van der Waals surface area contributed by atoms with Crippen molar-refractivity contribution in [1.82, 2.24) is 5.32 Å². The summed E-state index contributed by atoms with van der Waals surface area (Å²) in [6, 6.07) is 15.6. The van der Waals surface area contributed by atoms with Gasteiger partial charge in [-0.15, -0.1) is 0 Å². The number of carbonyl (C=O) groups excluding carboxylic acids is 1. The highest BCUT2D eigenvalue weighted by Gasteiger charge is 2.21. The lowest BCUT2D eigenvalue weighted by atomic mass is 9.97. The van der Waals surface area contributed by atoms with Gasteiger partial charge in [-0.25, -0.2) is 4.79 Å². The fourth-order valence-corrected chi connectivity index (χ4v) is 2.52. The second-order valence-electron chi connectivity index (χ2n) is 5.63. The Hall–Kier alpha value is -2.59. The van der Waals surface area contributed by atoms with Crippen LogP contribution in [0.5, 0.6) is 0 Å². The van der Waals surface area contributed by atoms with Gasteiger partial charge < -0.3 is 20.3 Å². The first-order chi connectivity index (χ1) is 12.5. The highest BCUT2D eigenvalue weighted by molar-refractivity contribution is 6.30. The van der Waals surface area contributed by atoms with Crippen LogP contribution in [0.2, 0.25) is 5.02 Å². The van der Waals surface area contributed by atoms with Gasteiger partial charge in [0.2, 0.25) is 0 Å². The van der Waals surface area contributed by atoms with Crippen molar-refractivity contribution in [1.29, 1.82) is 5.26 Å². The number of carbonyl (C=O) groups is 1. The van der Waals surface area contributed by atoms with E-state index in [-0.39, 0.29) is 30.7 Å². The lowest BCUT2D eigenvalue weighted by molar-refractivity contribution is 0.0135. The number of nitriles is 1. The van der Waals surface area contributed by atoms with Crippen LogP contribution in [0.1, 0.15) is 29.2 Å². The standard InChI is InChI=1S/C19H19ClN2O4/c20-15-6-7-16(14(10-15)11-21)18(24)17(23)8-9-22-19(25)26-12-13-4-2-1-3-5-13/h1-7,10,17-18,23-24H,8-9,12H2,(H,22,25). The van der Waals surface area contributed by atoms with Gasteiger partial charge in [-0.3, -0.25) is 0 Å². The van der Waals surface area contributed by atoms with Gasteiger partial charge in [-0.05, 0) is 24.1 Å². The third-order valence-corrected chi connectivity index (χ3v) is 3.98. The Balaban J connectivity index is 1.78. The molecule has 0 aliphatic rings. The molecule has 0 fully saturated rings. The number of hydrogen-bond acceptors (Lipinski definition) is 5. The van der Waals surface area contributed by atoms with Crippen molar-refractivity contribution >= 4 is 17.7 Å². The van der Waals surface area contributed by atoms with E-state index in [9.17, 15) is 15.0 Å². The Morgan fingerprint density at radius 1 is 1.23 bits per heavy atom. The SMILES string of the molecule is N#Cc1cc(Cl)ccc1C(O)C(O)CCNC(=O)OCc1ccccc1. The van der Waals surface area contributed by atoms with Crippen molar-refractivity contribution in [2.75, 3.05) is 6.54 Å². The number of amides is 1. The van der Waals surface area contributed by atoms with Gasteiger partial charge in [-0.1, -0.05) is 48.0 Å². The maximum Gasteiger partial charge on any atom is 0.407 e. The van der Waals surface area contributed by atoms with Gasteiger partial charge in [0.1, 0.15) is 12.7 Å². The minimum Gasteiger partial charge on any atom is -0.445 e. The van der Waals surface area contributed by atoms with Crippen LogP contribution in [-0.2, 0) is 11.3 Å². The summed E-state index contributed by atoms with van der Waals surface area (Å²) in [6.45, 7) is 0.259.